The SMILES string of the molecule is COc1ccc(Cc2cc([C@]3(OC)O[C@@](C=O)(CO)[C@@H](OCc4ccccc4)[C@H](Oc4ccccc4)[C@H]3OCc3ccccc3)ccc2Cl)c(F)c1F. The number of aldehydes is 1. The quantitative estimate of drug-likeness (QED) is 0.110. The summed E-state index contributed by atoms with van der Waals surface area (Å²) in [5, 5.41) is 11.3. The summed E-state index contributed by atoms with van der Waals surface area (Å²) in [5.74, 6) is -3.98. The van der Waals surface area contributed by atoms with Gasteiger partial charge in [0.15, 0.2) is 35.7 Å². The maximum atomic E-state index is 15.2. The number of benzene rings is 5. The lowest BCUT2D eigenvalue weighted by atomic mass is 9.80. The summed E-state index contributed by atoms with van der Waals surface area (Å²) >= 11 is 6.68. The van der Waals surface area contributed by atoms with Gasteiger partial charge in [-0.1, -0.05) is 103 Å². The lowest BCUT2D eigenvalue weighted by Gasteiger charge is -2.55. The summed E-state index contributed by atoms with van der Waals surface area (Å²) in [6.45, 7) is -0.721. The van der Waals surface area contributed by atoms with Gasteiger partial charge in [0.2, 0.25) is 11.6 Å². The summed E-state index contributed by atoms with van der Waals surface area (Å²) in [6.07, 6.45) is -3.21. The van der Waals surface area contributed by atoms with E-state index in [0.717, 1.165) is 11.1 Å². The second-order valence-electron chi connectivity index (χ2n) is 12.6. The zero-order valence-electron chi connectivity index (χ0n) is 29.1. The molecule has 1 saturated heterocycles. The Bertz CT molecular complexity index is 1970. The number of aliphatic hydroxyl groups excluding tert-OH is 1. The van der Waals surface area contributed by atoms with Gasteiger partial charge in [-0.05, 0) is 52.6 Å². The van der Waals surface area contributed by atoms with Crippen molar-refractivity contribution in [3.63, 3.8) is 0 Å². The van der Waals surface area contributed by atoms with E-state index in [1.807, 2.05) is 66.7 Å². The molecule has 5 atom stereocenters. The third kappa shape index (κ3) is 7.99. The first kappa shape index (κ1) is 38.1. The minimum absolute atomic E-state index is 0.0208. The number of aliphatic hydroxyl groups is 1. The van der Waals surface area contributed by atoms with Gasteiger partial charge in [0.1, 0.15) is 11.9 Å². The Morgan fingerprint density at radius 3 is 1.94 bits per heavy atom. The standard InChI is InChI=1S/C42H39ClF2O8/c1-48-35-21-18-30(36(44)37(35)45)22-31-23-32(19-20-34(31)43)42(49-2)40(51-25-29-14-8-4-9-15-29)38(52-33-16-10-5-11-17-33)39(41(26-46,27-47)53-42)50-24-28-12-6-3-7-13-28/h3-21,23,26,38-40,47H,22,24-25,27H2,1-2H3/t38-,39-,40+,41-,42-/m0/s1. The van der Waals surface area contributed by atoms with E-state index in [0.29, 0.717) is 23.2 Å². The van der Waals surface area contributed by atoms with Crippen LogP contribution in [0.3, 0.4) is 0 Å². The molecule has 11 heteroatoms. The molecule has 1 aliphatic heterocycles. The Morgan fingerprint density at radius 2 is 1.38 bits per heavy atom. The highest BCUT2D eigenvalue weighted by atomic mass is 35.5. The number of carbonyl (C=O) groups excluding carboxylic acids is 1. The lowest BCUT2D eigenvalue weighted by molar-refractivity contribution is -0.394. The number of carbonyl (C=O) groups is 1. The number of ether oxygens (including phenoxy) is 6. The molecule has 6 rings (SSSR count). The van der Waals surface area contributed by atoms with Crippen molar-refractivity contribution >= 4 is 17.9 Å². The Kier molecular flexibility index (Phi) is 12.2. The summed E-state index contributed by atoms with van der Waals surface area (Å²) in [6, 6.07) is 35.2. The van der Waals surface area contributed by atoms with E-state index in [4.69, 9.17) is 40.0 Å². The van der Waals surface area contributed by atoms with Gasteiger partial charge in [-0.25, -0.2) is 4.39 Å². The van der Waals surface area contributed by atoms with Crippen LogP contribution in [-0.4, -0.2) is 56.1 Å². The maximum Gasteiger partial charge on any atom is 0.226 e. The molecule has 0 aromatic heterocycles. The molecule has 1 fully saturated rings. The normalized spacial score (nSPS) is 22.6. The molecule has 276 valence electrons. The molecule has 0 spiro atoms. The van der Waals surface area contributed by atoms with Gasteiger partial charge >= 0.3 is 0 Å². The van der Waals surface area contributed by atoms with E-state index in [2.05, 4.69) is 0 Å². The van der Waals surface area contributed by atoms with Crippen LogP contribution in [0.4, 0.5) is 8.78 Å². The average molecular weight is 745 g/mol. The summed E-state index contributed by atoms with van der Waals surface area (Å²) in [4.78, 5) is 13.3. The molecule has 1 aliphatic rings. The van der Waals surface area contributed by atoms with E-state index in [1.165, 1.54) is 26.4 Å². The lowest BCUT2D eigenvalue weighted by Crippen LogP contribution is -2.73. The molecule has 8 nitrogen and oxygen atoms in total. The molecule has 0 aliphatic carbocycles. The highest BCUT2D eigenvalue weighted by molar-refractivity contribution is 6.31. The van der Waals surface area contributed by atoms with Crippen LogP contribution in [0.2, 0.25) is 5.02 Å². The monoisotopic (exact) mass is 744 g/mol. The molecular formula is C42H39ClF2O8. The Balaban J connectivity index is 1.50. The molecule has 0 saturated carbocycles. The van der Waals surface area contributed by atoms with E-state index in [9.17, 15) is 14.3 Å². The van der Waals surface area contributed by atoms with Gasteiger partial charge in [0.25, 0.3) is 0 Å². The van der Waals surface area contributed by atoms with Gasteiger partial charge in [0, 0.05) is 24.1 Å². The van der Waals surface area contributed by atoms with Crippen molar-refractivity contribution in [3.05, 3.63) is 166 Å². The number of para-hydroxylation sites is 1. The fourth-order valence-electron chi connectivity index (χ4n) is 6.54. The molecule has 0 unspecified atom stereocenters. The number of rotatable bonds is 15. The number of methoxy groups -OCH3 is 2. The first-order valence-electron chi connectivity index (χ1n) is 16.9. The predicted molar refractivity (Wildman–Crippen MR) is 194 cm³/mol. The summed E-state index contributed by atoms with van der Waals surface area (Å²) in [5.41, 5.74) is 0.279. The third-order valence-electron chi connectivity index (χ3n) is 9.28. The zero-order valence-corrected chi connectivity index (χ0v) is 29.9. The van der Waals surface area contributed by atoms with Crippen molar-refractivity contribution in [3.8, 4) is 11.5 Å². The third-order valence-corrected chi connectivity index (χ3v) is 9.65. The van der Waals surface area contributed by atoms with E-state index < -0.39 is 47.9 Å². The van der Waals surface area contributed by atoms with Crippen LogP contribution in [0.5, 0.6) is 11.5 Å². The largest absolute Gasteiger partial charge is 0.494 e. The van der Waals surface area contributed by atoms with Gasteiger partial charge < -0.3 is 33.5 Å². The fraction of sp³-hybridized carbons (Fsp3) is 0.262. The maximum absolute atomic E-state index is 15.2. The molecule has 5 aromatic rings. The van der Waals surface area contributed by atoms with Crippen molar-refractivity contribution in [2.75, 3.05) is 20.8 Å². The zero-order chi connectivity index (χ0) is 37.4. The number of hydrogen-bond donors (Lipinski definition) is 1. The fourth-order valence-corrected chi connectivity index (χ4v) is 6.72. The van der Waals surface area contributed by atoms with Gasteiger partial charge in [-0.2, -0.15) is 4.39 Å². The number of hydrogen-bond acceptors (Lipinski definition) is 8. The van der Waals surface area contributed by atoms with Crippen LogP contribution >= 0.6 is 11.6 Å². The smallest absolute Gasteiger partial charge is 0.226 e. The average Bonchev–Trinajstić information content (AvgIpc) is 3.20. The topological polar surface area (TPSA) is 92.7 Å². The van der Waals surface area contributed by atoms with Crippen molar-refractivity contribution in [2.45, 2.75) is 49.3 Å². The van der Waals surface area contributed by atoms with Gasteiger partial charge in [-0.3, -0.25) is 4.79 Å². The molecule has 53 heavy (non-hydrogen) atoms. The van der Waals surface area contributed by atoms with Crippen LogP contribution < -0.4 is 9.47 Å². The highest BCUT2D eigenvalue weighted by Crippen LogP contribution is 2.48. The van der Waals surface area contributed by atoms with Crippen LogP contribution in [0.15, 0.2) is 121 Å². The highest BCUT2D eigenvalue weighted by Gasteiger charge is 2.65. The minimum Gasteiger partial charge on any atom is -0.494 e. The van der Waals surface area contributed by atoms with Crippen molar-refractivity contribution in [1.82, 2.24) is 0 Å². The molecule has 0 bridgehead atoms. The summed E-state index contributed by atoms with van der Waals surface area (Å²) < 4.78 is 67.8. The molecule has 0 amide bonds. The predicted octanol–water partition coefficient (Wildman–Crippen LogP) is 7.60. The van der Waals surface area contributed by atoms with Crippen LogP contribution in [0, 0.1) is 11.6 Å². The summed E-state index contributed by atoms with van der Waals surface area (Å²) in [7, 11) is 2.63. The number of halogens is 3. The molecule has 5 aromatic carbocycles. The molecule has 1 N–H and O–H groups in total. The first-order valence-corrected chi connectivity index (χ1v) is 17.3. The second-order valence-corrected chi connectivity index (χ2v) is 13.0. The Labute approximate surface area is 311 Å². The van der Waals surface area contributed by atoms with Gasteiger partial charge in [0.05, 0.1) is 26.9 Å². The molecular weight excluding hydrogens is 706 g/mol. The minimum atomic E-state index is -2.05. The first-order chi connectivity index (χ1) is 25.8. The van der Waals surface area contributed by atoms with E-state index in [1.54, 1.807) is 42.5 Å². The van der Waals surface area contributed by atoms with E-state index >= 15 is 4.39 Å². The van der Waals surface area contributed by atoms with Crippen LogP contribution in [0.1, 0.15) is 27.8 Å². The van der Waals surface area contributed by atoms with Crippen molar-refractivity contribution in [1.29, 1.82) is 0 Å². The Hall–Kier alpha value is -4.68. The van der Waals surface area contributed by atoms with E-state index in [-0.39, 0.29) is 36.0 Å². The van der Waals surface area contributed by atoms with Crippen molar-refractivity contribution in [2.24, 2.45) is 0 Å². The van der Waals surface area contributed by atoms with Crippen LogP contribution in [-0.2, 0) is 49.2 Å². The van der Waals surface area contributed by atoms with Gasteiger partial charge in [-0.15, -0.1) is 0 Å². The second kappa shape index (κ2) is 17.0. The van der Waals surface area contributed by atoms with Crippen LogP contribution in [0.25, 0.3) is 0 Å². The van der Waals surface area contributed by atoms with Crippen molar-refractivity contribution < 1.29 is 47.1 Å². The Morgan fingerprint density at radius 1 is 0.774 bits per heavy atom. The molecule has 1 heterocycles. The molecule has 0 radical (unpaired) electrons.